The minimum absolute atomic E-state index is 0.0805. The number of allylic oxidation sites excluding steroid dienone is 2. The zero-order chi connectivity index (χ0) is 45.4. The molecule has 14 nitrogen and oxygen atoms in total. The van der Waals surface area contributed by atoms with E-state index in [1.165, 1.54) is 0 Å². The second-order valence-electron chi connectivity index (χ2n) is 19.2. The molecule has 7 aliphatic rings. The molecule has 14 heteroatoms. The lowest BCUT2D eigenvalue weighted by Gasteiger charge is -2.48. The van der Waals surface area contributed by atoms with Crippen LogP contribution in [-0.4, -0.2) is 141 Å². The van der Waals surface area contributed by atoms with Crippen LogP contribution in [-0.2, 0) is 56.9 Å². The number of carbonyl (C=O) groups is 1. The first kappa shape index (κ1) is 48.6. The maximum Gasteiger partial charge on any atom is 0.316 e. The third-order valence-electron chi connectivity index (χ3n) is 14.7. The van der Waals surface area contributed by atoms with E-state index in [1.54, 1.807) is 34.3 Å². The van der Waals surface area contributed by atoms with Crippen molar-refractivity contribution in [3.8, 4) is 0 Å². The van der Waals surface area contributed by atoms with E-state index in [2.05, 4.69) is 46.8 Å². The van der Waals surface area contributed by atoms with E-state index < -0.39 is 90.8 Å². The van der Waals surface area contributed by atoms with Gasteiger partial charge in [0.25, 0.3) is 0 Å². The number of rotatable bonds is 9. The number of esters is 1. The van der Waals surface area contributed by atoms with Crippen LogP contribution in [0.2, 0.25) is 0 Å². The van der Waals surface area contributed by atoms with Crippen molar-refractivity contribution >= 4 is 5.97 Å². The lowest BCUT2D eigenvalue weighted by atomic mass is 9.70. The summed E-state index contributed by atoms with van der Waals surface area (Å²) in [5.41, 5.74) is 0.626. The highest BCUT2D eigenvalue weighted by atomic mass is 16.7. The third kappa shape index (κ3) is 10.0. The van der Waals surface area contributed by atoms with Crippen LogP contribution in [0.15, 0.2) is 59.3 Å². The average molecular weight is 887 g/mol. The maximum atomic E-state index is 14.5. The Hall–Kier alpha value is -2.31. The topological polar surface area (TPSA) is 159 Å². The zero-order valence-electron chi connectivity index (χ0n) is 39.2. The van der Waals surface area contributed by atoms with Crippen molar-refractivity contribution in [3.63, 3.8) is 0 Å². The minimum atomic E-state index is -1.71. The van der Waals surface area contributed by atoms with Gasteiger partial charge in [0.2, 0.25) is 0 Å². The first-order valence-corrected chi connectivity index (χ1v) is 23.2. The summed E-state index contributed by atoms with van der Waals surface area (Å²) in [6, 6.07) is 0. The fourth-order valence-corrected chi connectivity index (χ4v) is 10.9. The summed E-state index contributed by atoms with van der Waals surface area (Å²) in [4.78, 5) is 14.5. The number of hydrogen-bond acceptors (Lipinski definition) is 14. The van der Waals surface area contributed by atoms with Crippen molar-refractivity contribution in [1.29, 1.82) is 0 Å². The predicted molar refractivity (Wildman–Crippen MR) is 232 cm³/mol. The molecule has 20 atom stereocenters. The number of fused-ring (bicyclic) bond motifs is 2. The van der Waals surface area contributed by atoms with Gasteiger partial charge >= 0.3 is 5.97 Å². The smallest absolute Gasteiger partial charge is 0.316 e. The Morgan fingerprint density at radius 2 is 1.57 bits per heavy atom. The molecule has 4 saturated heterocycles. The highest BCUT2D eigenvalue weighted by Gasteiger charge is 2.60. The number of ether oxygens (including phenoxy) is 11. The molecule has 0 saturated carbocycles. The summed E-state index contributed by atoms with van der Waals surface area (Å²) in [6.07, 6.45) is 9.95. The number of aliphatic hydroxyl groups excluding tert-OH is 1. The first-order valence-electron chi connectivity index (χ1n) is 23.2. The minimum Gasteiger partial charge on any atom is -0.462 e. The summed E-state index contributed by atoms with van der Waals surface area (Å²) in [5, 5.41) is 23.2. The van der Waals surface area contributed by atoms with Gasteiger partial charge in [-0.05, 0) is 62.8 Å². The quantitative estimate of drug-likeness (QED) is 0.204. The van der Waals surface area contributed by atoms with Gasteiger partial charge in [-0.15, -0.1) is 0 Å². The van der Waals surface area contributed by atoms with Crippen molar-refractivity contribution in [2.45, 2.75) is 191 Å². The summed E-state index contributed by atoms with van der Waals surface area (Å²) in [7, 11) is 4.82. The summed E-state index contributed by atoms with van der Waals surface area (Å²) < 4.78 is 70.0. The molecule has 4 fully saturated rings. The van der Waals surface area contributed by atoms with Gasteiger partial charge in [-0.25, -0.2) is 0 Å². The lowest BCUT2D eigenvalue weighted by Crippen LogP contribution is -2.58. The number of hydrogen-bond donors (Lipinski definition) is 2. The van der Waals surface area contributed by atoms with Gasteiger partial charge in [0.05, 0.1) is 49.3 Å². The fraction of sp³-hybridized carbons (Fsp3) is 0.776. The average Bonchev–Trinajstić information content (AvgIpc) is 3.59. The van der Waals surface area contributed by atoms with Crippen molar-refractivity contribution in [2.24, 2.45) is 23.7 Å². The van der Waals surface area contributed by atoms with Crippen LogP contribution in [0.1, 0.15) is 93.9 Å². The Kier molecular flexibility index (Phi) is 15.7. The van der Waals surface area contributed by atoms with E-state index >= 15 is 0 Å². The lowest BCUT2D eigenvalue weighted by molar-refractivity contribution is -0.318. The molecule has 6 aliphatic heterocycles. The summed E-state index contributed by atoms with van der Waals surface area (Å²) in [6.45, 7) is 16.4. The van der Waals surface area contributed by atoms with Crippen molar-refractivity contribution < 1.29 is 67.1 Å². The number of aliphatic hydroxyl groups is 2. The molecule has 2 bridgehead atoms. The van der Waals surface area contributed by atoms with Gasteiger partial charge in [-0.3, -0.25) is 4.79 Å². The van der Waals surface area contributed by atoms with Gasteiger partial charge in [0.1, 0.15) is 42.0 Å². The zero-order valence-corrected chi connectivity index (χ0v) is 39.2. The summed E-state index contributed by atoms with van der Waals surface area (Å²) >= 11 is 0. The third-order valence-corrected chi connectivity index (χ3v) is 14.7. The van der Waals surface area contributed by atoms with E-state index in [9.17, 15) is 15.0 Å². The highest BCUT2D eigenvalue weighted by molar-refractivity contribution is 5.78. The molecule has 0 radical (unpaired) electrons. The van der Waals surface area contributed by atoms with Gasteiger partial charge in [0.15, 0.2) is 18.4 Å². The van der Waals surface area contributed by atoms with Crippen molar-refractivity contribution in [1.82, 2.24) is 0 Å². The first-order chi connectivity index (χ1) is 30.0. The number of carbonyl (C=O) groups excluding carboxylic acids is 1. The molecule has 0 amide bonds. The summed E-state index contributed by atoms with van der Waals surface area (Å²) in [5.74, 6) is -2.35. The van der Waals surface area contributed by atoms with Gasteiger partial charge in [-0.1, -0.05) is 70.6 Å². The van der Waals surface area contributed by atoms with Gasteiger partial charge < -0.3 is 62.3 Å². The van der Waals surface area contributed by atoms with Crippen LogP contribution >= 0.6 is 0 Å². The molecule has 63 heavy (non-hydrogen) atoms. The predicted octanol–water partition coefficient (Wildman–Crippen LogP) is 6.03. The molecule has 354 valence electrons. The highest BCUT2D eigenvalue weighted by Crippen LogP contribution is 2.48. The van der Waals surface area contributed by atoms with Crippen molar-refractivity contribution in [3.05, 3.63) is 59.3 Å². The van der Waals surface area contributed by atoms with Crippen LogP contribution in [0.25, 0.3) is 0 Å². The molecule has 0 aromatic rings. The Balaban J connectivity index is 1.19. The Morgan fingerprint density at radius 3 is 2.29 bits per heavy atom. The van der Waals surface area contributed by atoms with E-state index in [0.717, 1.165) is 17.6 Å². The van der Waals surface area contributed by atoms with Crippen LogP contribution in [0, 0.1) is 23.7 Å². The van der Waals surface area contributed by atoms with E-state index in [4.69, 9.17) is 52.1 Å². The standard InChI is InChI=1S/C49H74O14/c1-12-26(2)43-29(5)18-19-48(63-43)24-35-21-34(62-48)17-16-28(4)42(60-40-23-38(54-10)45(32(8)58-40)61-39-22-37(53-9)41(50)31(7)57-39)27(3)14-13-15-33-25-56-46-44(55-11)30(6)20-36(47(51)59-35)49(33,46)52/h13-16,18-20,26-27,29,31-32,34-46,50,52H,12,17,21-25H2,1-11H3/t26?,27-,29-,31-,32-,34+,35-,36-,37-,38-,39-,40?,41-,42-,43+,44+,45?,46+,48+,49+/m0/s1. The molecule has 0 aromatic carbocycles. The molecule has 7 rings (SSSR count). The van der Waals surface area contributed by atoms with Crippen LogP contribution < -0.4 is 0 Å². The van der Waals surface area contributed by atoms with E-state index in [1.807, 2.05) is 38.2 Å². The molecule has 3 unspecified atom stereocenters. The fourth-order valence-electron chi connectivity index (χ4n) is 10.9. The van der Waals surface area contributed by atoms with Crippen LogP contribution in [0.5, 0.6) is 0 Å². The second-order valence-corrected chi connectivity index (χ2v) is 19.2. The molecule has 0 aromatic heterocycles. The van der Waals surface area contributed by atoms with Gasteiger partial charge in [-0.2, -0.15) is 0 Å². The normalized spacial score (nSPS) is 46.4. The largest absolute Gasteiger partial charge is 0.462 e. The van der Waals surface area contributed by atoms with Crippen LogP contribution in [0.4, 0.5) is 0 Å². The Bertz CT molecular complexity index is 1740. The molecular formula is C49H74O14. The van der Waals surface area contributed by atoms with Gasteiger partial charge in [0, 0.05) is 58.8 Å². The molecule has 1 aliphatic carbocycles. The molecule has 2 N–H and O–H groups in total. The number of methoxy groups -OCH3 is 3. The maximum absolute atomic E-state index is 14.5. The molecule has 6 heterocycles. The molecular weight excluding hydrogens is 813 g/mol. The SMILES string of the molecule is CCC(C)[C@H]1O[C@]2(C=C[C@@H]1C)C[C@@H]1C[C@@H](CC=C(C)[C@@H](OC3C[C@H](OC)C(O[C@H]4C[C@H](OC)[C@@H](O)[C@H](C)O4)[C@H](C)O3)[C@@H](C)C=CC=C3CO[C@@H]4[C@H](OC)C(C)=C[C@@H](C(=O)O1)[C@]34O)O2. The van der Waals surface area contributed by atoms with E-state index in [-0.39, 0.29) is 42.7 Å². The van der Waals surface area contributed by atoms with Crippen molar-refractivity contribution in [2.75, 3.05) is 27.9 Å². The second kappa shape index (κ2) is 20.3. The monoisotopic (exact) mass is 887 g/mol. The van der Waals surface area contributed by atoms with Crippen LogP contribution in [0.3, 0.4) is 0 Å². The van der Waals surface area contributed by atoms with E-state index in [0.29, 0.717) is 37.7 Å². The molecule has 1 spiro atoms. The Labute approximate surface area is 374 Å². The Morgan fingerprint density at radius 1 is 0.857 bits per heavy atom.